The number of rotatable bonds is 8. The van der Waals surface area contributed by atoms with Crippen molar-refractivity contribution >= 4 is 21.6 Å². The molecule has 5 nitrogen and oxygen atoms in total. The van der Waals surface area contributed by atoms with Crippen LogP contribution < -0.4 is 10.0 Å². The van der Waals surface area contributed by atoms with E-state index in [9.17, 15) is 13.2 Å². The van der Waals surface area contributed by atoms with E-state index < -0.39 is 10.0 Å². The molecule has 2 aromatic rings. The smallest absolute Gasteiger partial charge is 0.261 e. The molecule has 0 aliphatic carbocycles. The monoisotopic (exact) mass is 374 g/mol. The lowest BCUT2D eigenvalue weighted by Gasteiger charge is -2.12. The summed E-state index contributed by atoms with van der Waals surface area (Å²) in [5.74, 6) is -0.142. The molecule has 0 aliphatic heterocycles. The summed E-state index contributed by atoms with van der Waals surface area (Å²) in [6, 6.07) is 11.6. The van der Waals surface area contributed by atoms with Crippen molar-refractivity contribution in [3.05, 3.63) is 59.2 Å². The summed E-state index contributed by atoms with van der Waals surface area (Å²) in [6.45, 7) is 6.44. The van der Waals surface area contributed by atoms with Gasteiger partial charge >= 0.3 is 0 Å². The molecular weight excluding hydrogens is 348 g/mol. The minimum Gasteiger partial charge on any atom is -0.352 e. The third kappa shape index (κ3) is 5.33. The number of sulfonamides is 1. The van der Waals surface area contributed by atoms with E-state index in [4.69, 9.17) is 0 Å². The van der Waals surface area contributed by atoms with Crippen LogP contribution in [0.1, 0.15) is 47.7 Å². The summed E-state index contributed by atoms with van der Waals surface area (Å²) < 4.78 is 27.6. The van der Waals surface area contributed by atoms with Gasteiger partial charge in [0.1, 0.15) is 0 Å². The van der Waals surface area contributed by atoms with Crippen LogP contribution in [0.5, 0.6) is 0 Å². The van der Waals surface area contributed by atoms with Gasteiger partial charge in [-0.15, -0.1) is 0 Å². The molecule has 0 fully saturated rings. The molecule has 1 amide bonds. The number of hydrogen-bond donors (Lipinski definition) is 2. The number of aryl methyl sites for hydroxylation is 2. The number of carbonyl (C=O) groups excluding carboxylic acids is 1. The Morgan fingerprint density at radius 3 is 2.31 bits per heavy atom. The van der Waals surface area contributed by atoms with Crippen molar-refractivity contribution in [3.63, 3.8) is 0 Å². The summed E-state index contributed by atoms with van der Waals surface area (Å²) in [5.41, 5.74) is 2.68. The van der Waals surface area contributed by atoms with Crippen LogP contribution in [0.2, 0.25) is 0 Å². The number of benzene rings is 2. The Kier molecular flexibility index (Phi) is 6.80. The number of nitrogens with one attached hydrogen (secondary N) is 2. The summed E-state index contributed by atoms with van der Waals surface area (Å²) in [4.78, 5) is 12.4. The molecule has 6 heteroatoms. The topological polar surface area (TPSA) is 75.3 Å². The normalized spacial score (nSPS) is 11.2. The fourth-order valence-electron chi connectivity index (χ4n) is 2.52. The average Bonchev–Trinajstić information content (AvgIpc) is 2.60. The second kappa shape index (κ2) is 8.85. The first-order chi connectivity index (χ1) is 12.3. The molecule has 0 saturated heterocycles. The van der Waals surface area contributed by atoms with Gasteiger partial charge in [-0.05, 0) is 56.2 Å². The van der Waals surface area contributed by atoms with Crippen LogP contribution in [0.3, 0.4) is 0 Å². The summed E-state index contributed by atoms with van der Waals surface area (Å²) >= 11 is 0. The first kappa shape index (κ1) is 20.0. The van der Waals surface area contributed by atoms with Gasteiger partial charge in [0.2, 0.25) is 0 Å². The molecule has 0 heterocycles. The molecular formula is C20H26N2O3S. The van der Waals surface area contributed by atoms with E-state index in [0.717, 1.165) is 24.8 Å². The van der Waals surface area contributed by atoms with Crippen LogP contribution in [0.25, 0.3) is 0 Å². The van der Waals surface area contributed by atoms with Gasteiger partial charge in [-0.1, -0.05) is 37.5 Å². The van der Waals surface area contributed by atoms with Crippen molar-refractivity contribution in [2.75, 3.05) is 11.3 Å². The fraction of sp³-hybridized carbons (Fsp3) is 0.350. The van der Waals surface area contributed by atoms with Crippen molar-refractivity contribution in [1.29, 1.82) is 0 Å². The van der Waals surface area contributed by atoms with Crippen LogP contribution in [-0.4, -0.2) is 20.9 Å². The molecule has 0 radical (unpaired) electrons. The van der Waals surface area contributed by atoms with Crippen molar-refractivity contribution in [1.82, 2.24) is 5.32 Å². The molecule has 0 spiro atoms. The predicted molar refractivity (Wildman–Crippen MR) is 105 cm³/mol. The van der Waals surface area contributed by atoms with E-state index in [1.54, 1.807) is 49.4 Å². The lowest BCUT2D eigenvalue weighted by Crippen LogP contribution is -2.24. The van der Waals surface area contributed by atoms with Crippen molar-refractivity contribution < 1.29 is 13.2 Å². The second-order valence-corrected chi connectivity index (χ2v) is 8.09. The quantitative estimate of drug-likeness (QED) is 0.685. The maximum Gasteiger partial charge on any atom is 0.261 e. The van der Waals surface area contributed by atoms with E-state index in [-0.39, 0.29) is 10.8 Å². The zero-order valence-electron chi connectivity index (χ0n) is 15.5. The Hall–Kier alpha value is -2.34. The third-order valence-electron chi connectivity index (χ3n) is 4.13. The number of carbonyl (C=O) groups is 1. The number of anilines is 1. The molecule has 0 saturated carbocycles. The van der Waals surface area contributed by atoms with Gasteiger partial charge in [0, 0.05) is 12.1 Å². The molecule has 0 aromatic heterocycles. The highest BCUT2D eigenvalue weighted by atomic mass is 32.2. The van der Waals surface area contributed by atoms with Crippen molar-refractivity contribution in [3.8, 4) is 0 Å². The first-order valence-electron chi connectivity index (χ1n) is 8.82. The Morgan fingerprint density at radius 1 is 1.00 bits per heavy atom. The fourth-order valence-corrected chi connectivity index (χ4v) is 3.65. The zero-order chi connectivity index (χ0) is 19.2. The number of hydrogen-bond acceptors (Lipinski definition) is 3. The van der Waals surface area contributed by atoms with E-state index in [1.165, 1.54) is 0 Å². The Labute approximate surface area is 155 Å². The van der Waals surface area contributed by atoms with E-state index in [0.29, 0.717) is 23.4 Å². The summed E-state index contributed by atoms with van der Waals surface area (Å²) in [6.07, 6.45) is 3.14. The molecule has 0 atom stereocenters. The van der Waals surface area contributed by atoms with Crippen LogP contribution in [0, 0.1) is 13.8 Å². The largest absolute Gasteiger partial charge is 0.352 e. The number of unbranched alkanes of at least 4 members (excludes halogenated alkanes) is 2. The molecule has 26 heavy (non-hydrogen) atoms. The highest BCUT2D eigenvalue weighted by Crippen LogP contribution is 2.21. The summed E-state index contributed by atoms with van der Waals surface area (Å²) in [5, 5.41) is 2.88. The average molecular weight is 375 g/mol. The summed E-state index contributed by atoms with van der Waals surface area (Å²) in [7, 11) is -3.66. The van der Waals surface area contributed by atoms with E-state index in [1.807, 2.05) is 6.92 Å². The Bertz CT molecular complexity index is 859. The highest BCUT2D eigenvalue weighted by Gasteiger charge is 2.16. The molecule has 0 bridgehead atoms. The molecule has 2 aromatic carbocycles. The van der Waals surface area contributed by atoms with E-state index in [2.05, 4.69) is 17.0 Å². The van der Waals surface area contributed by atoms with Crippen LogP contribution in [-0.2, 0) is 10.0 Å². The lowest BCUT2D eigenvalue weighted by atomic mass is 10.1. The molecule has 0 aliphatic rings. The van der Waals surface area contributed by atoms with Crippen LogP contribution in [0.4, 0.5) is 5.69 Å². The molecule has 0 unspecified atom stereocenters. The minimum absolute atomic E-state index is 0.142. The van der Waals surface area contributed by atoms with Crippen LogP contribution >= 0.6 is 0 Å². The van der Waals surface area contributed by atoms with Gasteiger partial charge in [-0.2, -0.15) is 0 Å². The predicted octanol–water partition coefficient (Wildman–Crippen LogP) is 4.02. The van der Waals surface area contributed by atoms with Crippen molar-refractivity contribution in [2.45, 2.75) is 44.9 Å². The third-order valence-corrected chi connectivity index (χ3v) is 5.51. The molecule has 2 rings (SSSR count). The molecule has 140 valence electrons. The van der Waals surface area contributed by atoms with Crippen molar-refractivity contribution in [2.24, 2.45) is 0 Å². The minimum atomic E-state index is -3.66. The van der Waals surface area contributed by atoms with Gasteiger partial charge in [0.05, 0.1) is 10.6 Å². The van der Waals surface area contributed by atoms with Gasteiger partial charge in [-0.3, -0.25) is 9.52 Å². The highest BCUT2D eigenvalue weighted by molar-refractivity contribution is 7.92. The van der Waals surface area contributed by atoms with E-state index >= 15 is 0 Å². The first-order valence-corrected chi connectivity index (χ1v) is 10.3. The Morgan fingerprint density at radius 2 is 1.69 bits per heavy atom. The number of amides is 1. The van der Waals surface area contributed by atoms with Gasteiger partial charge in [0.15, 0.2) is 0 Å². The second-order valence-electron chi connectivity index (χ2n) is 6.41. The van der Waals surface area contributed by atoms with Crippen LogP contribution in [0.15, 0.2) is 47.4 Å². The standard InChI is InChI=1S/C20H26N2O3S/c1-4-5-6-13-21-20(23)17-9-12-19(16(3)14-17)22-26(24,25)18-10-7-15(2)8-11-18/h7-12,14,22H,4-6,13H2,1-3H3,(H,21,23). The molecule has 2 N–H and O–H groups in total. The SMILES string of the molecule is CCCCCNC(=O)c1ccc(NS(=O)(=O)c2ccc(C)cc2)c(C)c1. The maximum atomic E-state index is 12.5. The Balaban J connectivity index is 2.09. The van der Waals surface area contributed by atoms with Gasteiger partial charge in [0.25, 0.3) is 15.9 Å². The lowest BCUT2D eigenvalue weighted by molar-refractivity contribution is 0.0953. The maximum absolute atomic E-state index is 12.5. The van der Waals surface area contributed by atoms with Gasteiger partial charge in [-0.25, -0.2) is 8.42 Å². The van der Waals surface area contributed by atoms with Gasteiger partial charge < -0.3 is 5.32 Å². The zero-order valence-corrected chi connectivity index (χ0v) is 16.3.